The van der Waals surface area contributed by atoms with Gasteiger partial charge in [-0.1, -0.05) is 6.92 Å². The SMILES string of the molecule is CC1C[C@@H]2CN(C3CN(C4CN(C)C4)C3)C[C@@H]2C1. The van der Waals surface area contributed by atoms with Crippen LogP contribution in [0.4, 0.5) is 0 Å². The lowest BCUT2D eigenvalue weighted by Gasteiger charge is -2.53. The summed E-state index contributed by atoms with van der Waals surface area (Å²) in [6, 6.07) is 1.78. The molecule has 0 aromatic carbocycles. The number of fused-ring (bicyclic) bond motifs is 1. The van der Waals surface area contributed by atoms with E-state index in [-0.39, 0.29) is 0 Å². The van der Waals surface area contributed by atoms with Crippen LogP contribution in [0.2, 0.25) is 0 Å². The van der Waals surface area contributed by atoms with Crippen LogP contribution in [0, 0.1) is 17.8 Å². The predicted molar refractivity (Wildman–Crippen MR) is 73.6 cm³/mol. The van der Waals surface area contributed by atoms with Crippen LogP contribution in [0.5, 0.6) is 0 Å². The van der Waals surface area contributed by atoms with E-state index in [1.54, 1.807) is 0 Å². The minimum absolute atomic E-state index is 0.883. The van der Waals surface area contributed by atoms with E-state index in [9.17, 15) is 0 Å². The fraction of sp³-hybridized carbons (Fsp3) is 1.00. The van der Waals surface area contributed by atoms with E-state index in [0.29, 0.717) is 0 Å². The maximum atomic E-state index is 2.82. The van der Waals surface area contributed by atoms with Crippen LogP contribution in [0.25, 0.3) is 0 Å². The summed E-state index contributed by atoms with van der Waals surface area (Å²) in [5.41, 5.74) is 0. The second-order valence-corrected chi connectivity index (χ2v) is 7.53. The van der Waals surface area contributed by atoms with Crippen molar-refractivity contribution in [2.45, 2.75) is 31.8 Å². The first kappa shape index (κ1) is 11.7. The van der Waals surface area contributed by atoms with E-state index in [4.69, 9.17) is 0 Å². The molecule has 0 amide bonds. The van der Waals surface area contributed by atoms with Crippen LogP contribution in [0.15, 0.2) is 0 Å². The molecule has 0 spiro atoms. The van der Waals surface area contributed by atoms with Crippen molar-refractivity contribution in [3.05, 3.63) is 0 Å². The van der Waals surface area contributed by atoms with Crippen LogP contribution >= 0.6 is 0 Å². The number of rotatable bonds is 2. The van der Waals surface area contributed by atoms with Gasteiger partial charge in [0, 0.05) is 51.4 Å². The Morgan fingerprint density at radius 3 is 1.78 bits per heavy atom. The van der Waals surface area contributed by atoms with Gasteiger partial charge in [0.2, 0.25) is 0 Å². The Hall–Kier alpha value is -0.120. The van der Waals surface area contributed by atoms with Crippen molar-refractivity contribution in [2.75, 3.05) is 46.3 Å². The van der Waals surface area contributed by atoms with Gasteiger partial charge in [0.1, 0.15) is 0 Å². The molecular weight excluding hydrogens is 222 g/mol. The maximum absolute atomic E-state index is 2.82. The van der Waals surface area contributed by atoms with Crippen molar-refractivity contribution in [3.63, 3.8) is 0 Å². The summed E-state index contributed by atoms with van der Waals surface area (Å²) in [4.78, 5) is 7.96. The van der Waals surface area contributed by atoms with Crippen molar-refractivity contribution >= 4 is 0 Å². The zero-order valence-electron chi connectivity index (χ0n) is 11.9. The molecule has 0 bridgehead atoms. The lowest BCUT2D eigenvalue weighted by atomic mass is 9.99. The Morgan fingerprint density at radius 1 is 0.722 bits per heavy atom. The van der Waals surface area contributed by atoms with Gasteiger partial charge in [-0.3, -0.25) is 9.80 Å². The van der Waals surface area contributed by atoms with Gasteiger partial charge in [0.15, 0.2) is 0 Å². The zero-order valence-corrected chi connectivity index (χ0v) is 11.9. The highest BCUT2D eigenvalue weighted by Gasteiger charge is 2.45. The van der Waals surface area contributed by atoms with E-state index in [1.165, 1.54) is 52.1 Å². The molecule has 18 heavy (non-hydrogen) atoms. The van der Waals surface area contributed by atoms with Crippen molar-refractivity contribution in [2.24, 2.45) is 17.8 Å². The smallest absolute Gasteiger partial charge is 0.0351 e. The lowest BCUT2D eigenvalue weighted by Crippen LogP contribution is -2.68. The van der Waals surface area contributed by atoms with Crippen LogP contribution in [-0.4, -0.2) is 73.1 Å². The summed E-state index contributed by atoms with van der Waals surface area (Å²) in [6.45, 7) is 10.6. The highest BCUT2D eigenvalue weighted by atomic mass is 15.4. The Bertz CT molecular complexity index is 306. The Morgan fingerprint density at radius 2 is 1.22 bits per heavy atom. The fourth-order valence-electron chi connectivity index (χ4n) is 4.85. The van der Waals surface area contributed by atoms with Gasteiger partial charge in [-0.15, -0.1) is 0 Å². The van der Waals surface area contributed by atoms with Crippen LogP contribution in [0.1, 0.15) is 19.8 Å². The topological polar surface area (TPSA) is 9.72 Å². The summed E-state index contributed by atoms with van der Waals surface area (Å²) < 4.78 is 0. The number of likely N-dealkylation sites (N-methyl/N-ethyl adjacent to an activating group) is 1. The van der Waals surface area contributed by atoms with Crippen molar-refractivity contribution in [1.82, 2.24) is 14.7 Å². The Balaban J connectivity index is 1.26. The van der Waals surface area contributed by atoms with E-state index in [0.717, 1.165) is 29.8 Å². The van der Waals surface area contributed by atoms with Gasteiger partial charge in [-0.05, 0) is 37.6 Å². The number of likely N-dealkylation sites (tertiary alicyclic amines) is 3. The van der Waals surface area contributed by atoms with Gasteiger partial charge >= 0.3 is 0 Å². The van der Waals surface area contributed by atoms with E-state index in [2.05, 4.69) is 28.7 Å². The van der Waals surface area contributed by atoms with E-state index >= 15 is 0 Å². The van der Waals surface area contributed by atoms with Gasteiger partial charge in [0.05, 0.1) is 0 Å². The maximum Gasteiger partial charge on any atom is 0.0351 e. The minimum atomic E-state index is 0.883. The molecule has 3 heterocycles. The second-order valence-electron chi connectivity index (χ2n) is 7.53. The van der Waals surface area contributed by atoms with Crippen molar-refractivity contribution in [3.8, 4) is 0 Å². The van der Waals surface area contributed by atoms with Gasteiger partial charge < -0.3 is 4.90 Å². The van der Waals surface area contributed by atoms with Crippen molar-refractivity contribution in [1.29, 1.82) is 0 Å². The zero-order chi connectivity index (χ0) is 12.3. The predicted octanol–water partition coefficient (Wildman–Crippen LogP) is 0.963. The monoisotopic (exact) mass is 249 g/mol. The molecule has 1 unspecified atom stereocenters. The molecule has 0 N–H and O–H groups in total. The minimum Gasteiger partial charge on any atom is -0.303 e. The van der Waals surface area contributed by atoms with Crippen LogP contribution < -0.4 is 0 Å². The first-order valence-corrected chi connectivity index (χ1v) is 7.85. The molecular formula is C15H27N3. The van der Waals surface area contributed by atoms with E-state index < -0.39 is 0 Å². The lowest BCUT2D eigenvalue weighted by molar-refractivity contribution is -0.0396. The Labute approximate surface area is 111 Å². The third-order valence-electron chi connectivity index (χ3n) is 5.98. The molecule has 0 aromatic rings. The molecule has 3 nitrogen and oxygen atoms in total. The quantitative estimate of drug-likeness (QED) is 0.722. The average Bonchev–Trinajstić information content (AvgIpc) is 2.69. The highest BCUT2D eigenvalue weighted by molar-refractivity contribution is 5.01. The summed E-state index contributed by atoms with van der Waals surface area (Å²) in [5, 5.41) is 0. The summed E-state index contributed by atoms with van der Waals surface area (Å²) in [6.07, 6.45) is 3.01. The third-order valence-corrected chi connectivity index (χ3v) is 5.98. The van der Waals surface area contributed by atoms with Gasteiger partial charge in [-0.2, -0.15) is 0 Å². The highest BCUT2D eigenvalue weighted by Crippen LogP contribution is 2.42. The molecule has 4 fully saturated rings. The van der Waals surface area contributed by atoms with Crippen LogP contribution in [-0.2, 0) is 0 Å². The molecule has 1 aliphatic carbocycles. The number of nitrogens with zero attached hydrogens (tertiary/aromatic N) is 3. The molecule has 3 aliphatic heterocycles. The fourth-order valence-corrected chi connectivity index (χ4v) is 4.85. The molecule has 0 aromatic heterocycles. The van der Waals surface area contributed by atoms with Crippen molar-refractivity contribution < 1.29 is 0 Å². The first-order valence-electron chi connectivity index (χ1n) is 7.85. The summed E-state index contributed by atoms with van der Waals surface area (Å²) >= 11 is 0. The number of hydrogen-bond donors (Lipinski definition) is 0. The molecule has 4 aliphatic rings. The third kappa shape index (κ3) is 1.83. The standard InChI is InChI=1S/C15H27N3/c1-11-3-12-5-17(6-13(12)4-11)15-9-18(10-15)14-7-16(2)8-14/h11-15H,3-10H2,1-2H3/t11?,12-,13+. The molecule has 0 radical (unpaired) electrons. The molecule has 4 rings (SSSR count). The average molecular weight is 249 g/mol. The molecule has 102 valence electrons. The molecule has 3 heteroatoms. The first-order chi connectivity index (χ1) is 8.69. The van der Waals surface area contributed by atoms with Gasteiger partial charge in [-0.25, -0.2) is 0 Å². The number of hydrogen-bond acceptors (Lipinski definition) is 3. The van der Waals surface area contributed by atoms with Gasteiger partial charge in [0.25, 0.3) is 0 Å². The second kappa shape index (κ2) is 4.19. The largest absolute Gasteiger partial charge is 0.303 e. The van der Waals surface area contributed by atoms with Crippen LogP contribution in [0.3, 0.4) is 0 Å². The van der Waals surface area contributed by atoms with E-state index in [1.807, 2.05) is 0 Å². The summed E-state index contributed by atoms with van der Waals surface area (Å²) in [5.74, 6) is 3.10. The molecule has 3 saturated heterocycles. The normalized spacial score (nSPS) is 44.0. The molecule has 1 saturated carbocycles. The molecule has 3 atom stereocenters. The Kier molecular flexibility index (Phi) is 2.72. The summed E-state index contributed by atoms with van der Waals surface area (Å²) in [7, 11) is 2.23.